The fourth-order valence-electron chi connectivity index (χ4n) is 1.17. The van der Waals surface area contributed by atoms with Crippen LogP contribution in [-0.2, 0) is 19.1 Å². The van der Waals surface area contributed by atoms with Crippen LogP contribution in [0.5, 0.6) is 0 Å². The molecule has 0 aromatic rings. The molecule has 0 aliphatic heterocycles. The third-order valence-electron chi connectivity index (χ3n) is 1.66. The lowest BCUT2D eigenvalue weighted by Gasteiger charge is -2.27. The van der Waals surface area contributed by atoms with Gasteiger partial charge in [0.15, 0.2) is 12.5 Å². The van der Waals surface area contributed by atoms with Gasteiger partial charge >= 0.3 is 0 Å². The van der Waals surface area contributed by atoms with Gasteiger partial charge in [-0.2, -0.15) is 0 Å². The highest BCUT2D eigenvalue weighted by Crippen LogP contribution is 1.99. The summed E-state index contributed by atoms with van der Waals surface area (Å²) in [6.07, 6.45) is -1.35. The Labute approximate surface area is 95.7 Å². The molecule has 0 bridgehead atoms. The summed E-state index contributed by atoms with van der Waals surface area (Å²) in [7, 11) is 0. The SMILES string of the molecule is CCO[C@H](NC(C)=O)[C@@H](NC(C)=O)OCC. The van der Waals surface area contributed by atoms with E-state index in [4.69, 9.17) is 9.47 Å². The van der Waals surface area contributed by atoms with Crippen molar-refractivity contribution in [2.45, 2.75) is 40.2 Å². The molecule has 94 valence electrons. The van der Waals surface area contributed by atoms with Crippen LogP contribution >= 0.6 is 0 Å². The molecule has 0 fully saturated rings. The van der Waals surface area contributed by atoms with Crippen molar-refractivity contribution < 1.29 is 19.1 Å². The Hall–Kier alpha value is -1.14. The molecule has 0 aliphatic carbocycles. The normalized spacial score (nSPS) is 14.0. The summed E-state index contributed by atoms with van der Waals surface area (Å²) in [6.45, 7) is 7.17. The Morgan fingerprint density at radius 3 is 1.44 bits per heavy atom. The van der Waals surface area contributed by atoms with Crippen molar-refractivity contribution in [3.05, 3.63) is 0 Å². The Balaban J connectivity index is 4.49. The monoisotopic (exact) mass is 232 g/mol. The van der Waals surface area contributed by atoms with Crippen LogP contribution in [-0.4, -0.2) is 37.5 Å². The summed E-state index contributed by atoms with van der Waals surface area (Å²) >= 11 is 0. The number of nitrogens with one attached hydrogen (secondary N) is 2. The molecule has 2 amide bonds. The molecule has 0 aromatic carbocycles. The molecular formula is C10H20N2O4. The summed E-state index contributed by atoms with van der Waals surface area (Å²) in [6, 6.07) is 0. The molecular weight excluding hydrogens is 212 g/mol. The average Bonchev–Trinajstić information content (AvgIpc) is 2.15. The molecule has 2 atom stereocenters. The summed E-state index contributed by atoms with van der Waals surface area (Å²) in [5, 5.41) is 5.14. The minimum Gasteiger partial charge on any atom is -0.354 e. The molecule has 16 heavy (non-hydrogen) atoms. The molecule has 0 saturated heterocycles. The third-order valence-corrected chi connectivity index (χ3v) is 1.66. The highest BCUT2D eigenvalue weighted by atomic mass is 16.6. The fraction of sp³-hybridized carbons (Fsp3) is 0.800. The van der Waals surface area contributed by atoms with Gasteiger partial charge in [-0.1, -0.05) is 0 Å². The second kappa shape index (κ2) is 8.06. The second-order valence-electron chi connectivity index (χ2n) is 3.15. The number of rotatable bonds is 7. The van der Waals surface area contributed by atoms with Crippen LogP contribution in [0.25, 0.3) is 0 Å². The van der Waals surface area contributed by atoms with Gasteiger partial charge in [-0.05, 0) is 13.8 Å². The Morgan fingerprint density at radius 1 is 0.938 bits per heavy atom. The Bertz CT molecular complexity index is 209. The van der Waals surface area contributed by atoms with Crippen LogP contribution in [0.3, 0.4) is 0 Å². The van der Waals surface area contributed by atoms with E-state index in [0.717, 1.165) is 0 Å². The quantitative estimate of drug-likeness (QED) is 0.605. The molecule has 0 aromatic heterocycles. The van der Waals surface area contributed by atoms with Crippen molar-refractivity contribution in [2.75, 3.05) is 13.2 Å². The van der Waals surface area contributed by atoms with E-state index in [1.807, 2.05) is 0 Å². The maximum Gasteiger partial charge on any atom is 0.218 e. The van der Waals surface area contributed by atoms with E-state index in [1.54, 1.807) is 13.8 Å². The molecule has 6 heteroatoms. The zero-order chi connectivity index (χ0) is 12.6. The average molecular weight is 232 g/mol. The summed E-state index contributed by atoms with van der Waals surface area (Å²) in [5.74, 6) is -0.484. The van der Waals surface area contributed by atoms with E-state index in [0.29, 0.717) is 13.2 Å². The van der Waals surface area contributed by atoms with Gasteiger partial charge in [0.25, 0.3) is 0 Å². The maximum atomic E-state index is 11.0. The number of hydrogen-bond donors (Lipinski definition) is 2. The lowest BCUT2D eigenvalue weighted by Crippen LogP contribution is -2.53. The van der Waals surface area contributed by atoms with Gasteiger partial charge in [-0.3, -0.25) is 9.59 Å². The zero-order valence-electron chi connectivity index (χ0n) is 10.2. The van der Waals surface area contributed by atoms with Crippen LogP contribution in [0.1, 0.15) is 27.7 Å². The van der Waals surface area contributed by atoms with Gasteiger partial charge in [-0.25, -0.2) is 0 Å². The third kappa shape index (κ3) is 6.36. The number of ether oxygens (including phenoxy) is 2. The summed E-state index contributed by atoms with van der Waals surface area (Å²) in [5.41, 5.74) is 0. The highest BCUT2D eigenvalue weighted by Gasteiger charge is 2.23. The van der Waals surface area contributed by atoms with E-state index in [-0.39, 0.29) is 11.8 Å². The van der Waals surface area contributed by atoms with E-state index in [2.05, 4.69) is 10.6 Å². The molecule has 2 N–H and O–H groups in total. The zero-order valence-corrected chi connectivity index (χ0v) is 10.2. The molecule has 0 unspecified atom stereocenters. The van der Waals surface area contributed by atoms with Crippen LogP contribution in [0.15, 0.2) is 0 Å². The van der Waals surface area contributed by atoms with Crippen molar-refractivity contribution in [3.63, 3.8) is 0 Å². The molecule has 0 aliphatic rings. The van der Waals surface area contributed by atoms with Crippen molar-refractivity contribution in [1.82, 2.24) is 10.6 Å². The van der Waals surface area contributed by atoms with Gasteiger partial charge in [0.05, 0.1) is 0 Å². The second-order valence-corrected chi connectivity index (χ2v) is 3.15. The topological polar surface area (TPSA) is 76.7 Å². The first kappa shape index (κ1) is 14.9. The van der Waals surface area contributed by atoms with Crippen molar-refractivity contribution in [1.29, 1.82) is 0 Å². The van der Waals surface area contributed by atoms with Crippen molar-refractivity contribution in [2.24, 2.45) is 0 Å². The largest absolute Gasteiger partial charge is 0.354 e. The lowest BCUT2D eigenvalue weighted by molar-refractivity contribution is -0.141. The van der Waals surface area contributed by atoms with Gasteiger partial charge in [0, 0.05) is 27.1 Å². The summed E-state index contributed by atoms with van der Waals surface area (Å²) in [4.78, 5) is 21.9. The predicted molar refractivity (Wildman–Crippen MR) is 58.5 cm³/mol. The molecule has 6 nitrogen and oxygen atoms in total. The first-order chi connectivity index (χ1) is 7.51. The van der Waals surface area contributed by atoms with Crippen molar-refractivity contribution >= 4 is 11.8 Å². The first-order valence-electron chi connectivity index (χ1n) is 5.28. The Morgan fingerprint density at radius 2 is 1.25 bits per heavy atom. The summed E-state index contributed by atoms with van der Waals surface area (Å²) < 4.78 is 10.6. The highest BCUT2D eigenvalue weighted by molar-refractivity contribution is 5.74. The van der Waals surface area contributed by atoms with Crippen LogP contribution < -0.4 is 10.6 Å². The van der Waals surface area contributed by atoms with E-state index in [1.165, 1.54) is 13.8 Å². The number of hydrogen-bond acceptors (Lipinski definition) is 4. The fourth-order valence-corrected chi connectivity index (χ4v) is 1.17. The van der Waals surface area contributed by atoms with Gasteiger partial charge in [0.2, 0.25) is 11.8 Å². The molecule has 0 spiro atoms. The number of carbonyl (C=O) groups is 2. The Kier molecular flexibility index (Phi) is 7.49. The van der Waals surface area contributed by atoms with Crippen LogP contribution in [0, 0.1) is 0 Å². The molecule has 0 rings (SSSR count). The minimum atomic E-state index is -0.675. The minimum absolute atomic E-state index is 0.242. The van der Waals surface area contributed by atoms with Gasteiger partial charge in [0.1, 0.15) is 0 Å². The maximum absolute atomic E-state index is 11.0. The standard InChI is InChI=1S/C10H20N2O4/c1-5-15-9(11-7(3)13)10(16-6-2)12-8(4)14/h9-10H,5-6H2,1-4H3,(H,11,13)(H,12,14)/t9-,10-/m0/s1. The van der Waals surface area contributed by atoms with E-state index >= 15 is 0 Å². The molecule has 0 saturated carbocycles. The van der Waals surface area contributed by atoms with Crippen LogP contribution in [0.4, 0.5) is 0 Å². The van der Waals surface area contributed by atoms with Gasteiger partial charge in [-0.15, -0.1) is 0 Å². The lowest BCUT2D eigenvalue weighted by atomic mass is 10.4. The number of amides is 2. The van der Waals surface area contributed by atoms with Crippen molar-refractivity contribution in [3.8, 4) is 0 Å². The van der Waals surface area contributed by atoms with E-state index in [9.17, 15) is 9.59 Å². The smallest absolute Gasteiger partial charge is 0.218 e. The van der Waals surface area contributed by atoms with E-state index < -0.39 is 12.5 Å². The van der Waals surface area contributed by atoms with Gasteiger partial charge < -0.3 is 20.1 Å². The predicted octanol–water partition coefficient (Wildman–Crippen LogP) is -0.0162. The van der Waals surface area contributed by atoms with Crippen LogP contribution in [0.2, 0.25) is 0 Å². The molecule has 0 heterocycles. The number of carbonyl (C=O) groups excluding carboxylic acids is 2. The molecule has 0 radical (unpaired) electrons. The first-order valence-corrected chi connectivity index (χ1v) is 5.28.